The van der Waals surface area contributed by atoms with Gasteiger partial charge in [0.05, 0.1) is 6.54 Å². The van der Waals surface area contributed by atoms with Gasteiger partial charge in [0.15, 0.2) is 0 Å². The summed E-state index contributed by atoms with van der Waals surface area (Å²) in [6.45, 7) is 1.06. The molecule has 0 aliphatic heterocycles. The molecule has 0 aliphatic rings. The summed E-state index contributed by atoms with van der Waals surface area (Å²) in [5, 5.41) is 5.81. The molecule has 0 aliphatic carbocycles. The molecule has 1 aromatic carbocycles. The molecular weight excluding hydrogens is 315 g/mol. The molecule has 0 atom stereocenters. The number of hydrogen-bond donors (Lipinski definition) is 1. The first kappa shape index (κ1) is 15.3. The van der Waals surface area contributed by atoms with Crippen LogP contribution in [0.4, 0.5) is 5.69 Å². The molecule has 2 aromatic rings. The highest BCUT2D eigenvalue weighted by molar-refractivity contribution is 7.09. The van der Waals surface area contributed by atoms with Gasteiger partial charge in [-0.3, -0.25) is 9.69 Å². The highest BCUT2D eigenvalue weighted by Gasteiger charge is 2.09. The summed E-state index contributed by atoms with van der Waals surface area (Å²) in [6.07, 6.45) is 0. The van der Waals surface area contributed by atoms with Gasteiger partial charge in [0.25, 0.3) is 0 Å². The summed E-state index contributed by atoms with van der Waals surface area (Å²) in [5.41, 5.74) is 0.608. The first-order valence-corrected chi connectivity index (χ1v) is 7.63. The second-order valence-electron chi connectivity index (χ2n) is 4.46. The van der Waals surface area contributed by atoms with E-state index in [1.54, 1.807) is 29.5 Å². The number of nitrogens with zero attached hydrogens (tertiary/aromatic N) is 1. The molecule has 0 saturated carbocycles. The quantitative estimate of drug-likeness (QED) is 0.895. The number of anilines is 1. The van der Waals surface area contributed by atoms with Crippen molar-refractivity contribution in [2.24, 2.45) is 0 Å². The van der Waals surface area contributed by atoms with E-state index in [2.05, 4.69) is 11.4 Å². The largest absolute Gasteiger partial charge is 0.325 e. The predicted octanol–water partition coefficient (Wildman–Crippen LogP) is 4.13. The van der Waals surface area contributed by atoms with Crippen molar-refractivity contribution >= 4 is 46.1 Å². The third-order valence-corrected chi connectivity index (χ3v) is 3.86. The Morgan fingerprint density at radius 1 is 1.30 bits per heavy atom. The molecule has 1 aromatic heterocycles. The Hall–Kier alpha value is -1.07. The van der Waals surface area contributed by atoms with Gasteiger partial charge in [-0.15, -0.1) is 11.3 Å². The predicted molar refractivity (Wildman–Crippen MR) is 85.7 cm³/mol. The smallest absolute Gasteiger partial charge is 0.238 e. The fourth-order valence-corrected chi connectivity index (χ4v) is 3.11. The van der Waals surface area contributed by atoms with Gasteiger partial charge < -0.3 is 5.32 Å². The third kappa shape index (κ3) is 4.80. The van der Waals surface area contributed by atoms with E-state index in [0.29, 0.717) is 22.3 Å². The minimum Gasteiger partial charge on any atom is -0.325 e. The fourth-order valence-electron chi connectivity index (χ4n) is 1.80. The lowest BCUT2D eigenvalue weighted by molar-refractivity contribution is -0.117. The molecule has 106 valence electrons. The van der Waals surface area contributed by atoms with E-state index in [1.807, 2.05) is 23.4 Å². The van der Waals surface area contributed by atoms with Crippen LogP contribution in [0.15, 0.2) is 35.7 Å². The first-order chi connectivity index (χ1) is 9.52. The highest BCUT2D eigenvalue weighted by atomic mass is 35.5. The lowest BCUT2D eigenvalue weighted by Crippen LogP contribution is -2.29. The number of benzene rings is 1. The maximum atomic E-state index is 11.9. The van der Waals surface area contributed by atoms with Gasteiger partial charge >= 0.3 is 0 Å². The van der Waals surface area contributed by atoms with Crippen LogP contribution in [0.2, 0.25) is 10.0 Å². The van der Waals surface area contributed by atoms with E-state index < -0.39 is 0 Å². The molecule has 1 N–H and O–H groups in total. The summed E-state index contributed by atoms with van der Waals surface area (Å²) in [6, 6.07) is 9.02. The average Bonchev–Trinajstić information content (AvgIpc) is 2.79. The van der Waals surface area contributed by atoms with Crippen molar-refractivity contribution in [3.8, 4) is 0 Å². The Bertz CT molecular complexity index is 567. The summed E-state index contributed by atoms with van der Waals surface area (Å²) < 4.78 is 0. The number of amides is 1. The van der Waals surface area contributed by atoms with E-state index >= 15 is 0 Å². The lowest BCUT2D eigenvalue weighted by atomic mass is 10.3. The van der Waals surface area contributed by atoms with E-state index in [9.17, 15) is 4.79 Å². The van der Waals surface area contributed by atoms with Crippen molar-refractivity contribution in [1.82, 2.24) is 4.90 Å². The zero-order valence-corrected chi connectivity index (χ0v) is 13.2. The zero-order valence-electron chi connectivity index (χ0n) is 10.9. The maximum absolute atomic E-state index is 11.9. The second kappa shape index (κ2) is 7.09. The van der Waals surface area contributed by atoms with E-state index in [4.69, 9.17) is 23.2 Å². The molecule has 1 amide bonds. The maximum Gasteiger partial charge on any atom is 0.238 e. The van der Waals surface area contributed by atoms with Crippen molar-refractivity contribution in [2.45, 2.75) is 6.54 Å². The third-order valence-electron chi connectivity index (χ3n) is 2.57. The Kier molecular flexibility index (Phi) is 5.43. The molecule has 20 heavy (non-hydrogen) atoms. The minimum absolute atomic E-state index is 0.0950. The molecule has 0 spiro atoms. The fraction of sp³-hybridized carbons (Fsp3) is 0.214. The van der Waals surface area contributed by atoms with Crippen molar-refractivity contribution in [3.05, 3.63) is 50.6 Å². The summed E-state index contributed by atoms with van der Waals surface area (Å²) in [4.78, 5) is 15.1. The van der Waals surface area contributed by atoms with Gasteiger partial charge in [0.2, 0.25) is 5.91 Å². The van der Waals surface area contributed by atoms with Crippen LogP contribution in [0.1, 0.15) is 4.88 Å². The summed E-state index contributed by atoms with van der Waals surface area (Å²) >= 11 is 13.5. The molecular formula is C14H14Cl2N2OS. The Balaban J connectivity index is 1.88. The monoisotopic (exact) mass is 328 g/mol. The van der Waals surface area contributed by atoms with Crippen LogP contribution in [0.5, 0.6) is 0 Å². The van der Waals surface area contributed by atoms with Crippen LogP contribution in [0.3, 0.4) is 0 Å². The van der Waals surface area contributed by atoms with Crippen molar-refractivity contribution in [1.29, 1.82) is 0 Å². The van der Waals surface area contributed by atoms with Crippen LogP contribution < -0.4 is 5.32 Å². The van der Waals surface area contributed by atoms with E-state index in [-0.39, 0.29) is 5.91 Å². The molecule has 0 radical (unpaired) electrons. The molecule has 1 heterocycles. The Morgan fingerprint density at radius 3 is 2.60 bits per heavy atom. The zero-order chi connectivity index (χ0) is 14.5. The van der Waals surface area contributed by atoms with Crippen LogP contribution in [-0.2, 0) is 11.3 Å². The topological polar surface area (TPSA) is 32.3 Å². The number of nitrogens with one attached hydrogen (secondary N) is 1. The van der Waals surface area contributed by atoms with Crippen LogP contribution in [0, 0.1) is 0 Å². The average molecular weight is 329 g/mol. The van der Waals surface area contributed by atoms with Crippen molar-refractivity contribution < 1.29 is 4.79 Å². The number of carbonyl (C=O) groups is 1. The Morgan fingerprint density at radius 2 is 2.00 bits per heavy atom. The standard InChI is InChI=1S/C14H14Cl2N2OS/c1-18(8-13-3-2-4-20-13)9-14(19)17-12-6-10(15)5-11(16)7-12/h2-7H,8-9H2,1H3,(H,17,19). The Labute approximate surface area is 132 Å². The van der Waals surface area contributed by atoms with Crippen molar-refractivity contribution in [2.75, 3.05) is 18.9 Å². The van der Waals surface area contributed by atoms with Gasteiger partial charge in [-0.05, 0) is 36.7 Å². The molecule has 0 fully saturated rings. The molecule has 0 unspecified atom stereocenters. The van der Waals surface area contributed by atoms with Crippen LogP contribution >= 0.6 is 34.5 Å². The minimum atomic E-state index is -0.0950. The normalized spacial score (nSPS) is 10.8. The van der Waals surface area contributed by atoms with Gasteiger partial charge in [0.1, 0.15) is 0 Å². The van der Waals surface area contributed by atoms with Gasteiger partial charge in [0, 0.05) is 27.2 Å². The first-order valence-electron chi connectivity index (χ1n) is 6.00. The van der Waals surface area contributed by atoms with Crippen LogP contribution in [0.25, 0.3) is 0 Å². The number of carbonyl (C=O) groups excluding carboxylic acids is 1. The van der Waals surface area contributed by atoms with Gasteiger partial charge in [-0.25, -0.2) is 0 Å². The number of halogens is 2. The molecule has 6 heteroatoms. The van der Waals surface area contributed by atoms with Crippen molar-refractivity contribution in [3.63, 3.8) is 0 Å². The molecule has 3 nitrogen and oxygen atoms in total. The van der Waals surface area contributed by atoms with Gasteiger partial charge in [-0.1, -0.05) is 29.3 Å². The summed E-state index contributed by atoms with van der Waals surface area (Å²) in [7, 11) is 1.91. The number of hydrogen-bond acceptors (Lipinski definition) is 3. The van der Waals surface area contributed by atoms with E-state index in [1.165, 1.54) is 4.88 Å². The highest BCUT2D eigenvalue weighted by Crippen LogP contribution is 2.22. The molecule has 0 saturated heterocycles. The SMILES string of the molecule is CN(CC(=O)Nc1cc(Cl)cc(Cl)c1)Cc1cccs1. The number of rotatable bonds is 5. The number of thiophene rings is 1. The molecule has 0 bridgehead atoms. The lowest BCUT2D eigenvalue weighted by Gasteiger charge is -2.15. The van der Waals surface area contributed by atoms with Gasteiger partial charge in [-0.2, -0.15) is 0 Å². The van der Waals surface area contributed by atoms with E-state index in [0.717, 1.165) is 6.54 Å². The molecule has 2 rings (SSSR count). The van der Waals surface area contributed by atoms with Crippen LogP contribution in [-0.4, -0.2) is 24.4 Å². The number of likely N-dealkylation sites (N-methyl/N-ethyl adjacent to an activating group) is 1. The second-order valence-corrected chi connectivity index (χ2v) is 6.36. The summed E-state index contributed by atoms with van der Waals surface area (Å²) in [5.74, 6) is -0.0950.